The number of carbonyl (C=O) groups is 2. The van der Waals surface area contributed by atoms with E-state index in [2.05, 4.69) is 5.32 Å². The van der Waals surface area contributed by atoms with Crippen LogP contribution in [0.3, 0.4) is 0 Å². The maximum Gasteiger partial charge on any atom is 0.335 e. The lowest BCUT2D eigenvalue weighted by Crippen LogP contribution is -2.24. The molecule has 1 aromatic carbocycles. The lowest BCUT2D eigenvalue weighted by molar-refractivity contribution is 0.0696. The molecule has 4 N–H and O–H groups in total. The Balaban J connectivity index is 3.24. The molecule has 16 heavy (non-hydrogen) atoms. The number of nitrogens with two attached hydrogens (primary N) is 1. The van der Waals surface area contributed by atoms with E-state index in [4.69, 9.17) is 10.8 Å². The molecule has 1 rings (SSSR count). The predicted molar refractivity (Wildman–Crippen MR) is 60.6 cm³/mol. The van der Waals surface area contributed by atoms with Gasteiger partial charge in [0.2, 0.25) is 0 Å². The third-order valence-electron chi connectivity index (χ3n) is 2.21. The van der Waals surface area contributed by atoms with Crippen LogP contribution in [-0.4, -0.2) is 23.5 Å². The van der Waals surface area contributed by atoms with Crippen LogP contribution in [0.5, 0.6) is 0 Å². The average Bonchev–Trinajstić information content (AvgIpc) is 2.17. The number of hydrogen-bond donors (Lipinski definition) is 3. The topological polar surface area (TPSA) is 92.4 Å². The highest BCUT2D eigenvalue weighted by atomic mass is 16.4. The zero-order valence-corrected chi connectivity index (χ0v) is 9.20. The van der Waals surface area contributed by atoms with Crippen molar-refractivity contribution >= 4 is 17.6 Å². The van der Waals surface area contributed by atoms with E-state index < -0.39 is 5.97 Å². The number of aromatic carboxylic acids is 1. The van der Waals surface area contributed by atoms with Crippen molar-refractivity contribution in [2.24, 2.45) is 0 Å². The molecular weight excluding hydrogens is 208 g/mol. The lowest BCUT2D eigenvalue weighted by Gasteiger charge is -2.09. The van der Waals surface area contributed by atoms with Crippen molar-refractivity contribution in [2.75, 3.05) is 12.3 Å². The van der Waals surface area contributed by atoms with Crippen molar-refractivity contribution < 1.29 is 14.7 Å². The molecule has 5 nitrogen and oxygen atoms in total. The zero-order chi connectivity index (χ0) is 12.3. The number of anilines is 1. The van der Waals surface area contributed by atoms with E-state index in [-0.39, 0.29) is 22.7 Å². The summed E-state index contributed by atoms with van der Waals surface area (Å²) in [6.45, 7) is 3.89. The molecule has 1 amide bonds. The van der Waals surface area contributed by atoms with Gasteiger partial charge in [0, 0.05) is 12.2 Å². The first-order valence-corrected chi connectivity index (χ1v) is 4.89. The number of benzene rings is 1. The third-order valence-corrected chi connectivity index (χ3v) is 2.21. The minimum Gasteiger partial charge on any atom is -0.478 e. The van der Waals surface area contributed by atoms with Gasteiger partial charge in [0.05, 0.1) is 11.1 Å². The summed E-state index contributed by atoms with van der Waals surface area (Å²) in [5.74, 6) is -1.43. The van der Waals surface area contributed by atoms with Crippen LogP contribution in [0.4, 0.5) is 5.69 Å². The van der Waals surface area contributed by atoms with Gasteiger partial charge in [-0.15, -0.1) is 0 Å². The van der Waals surface area contributed by atoms with Crippen LogP contribution in [0, 0.1) is 6.92 Å². The first-order valence-electron chi connectivity index (χ1n) is 4.89. The van der Waals surface area contributed by atoms with Crippen molar-refractivity contribution in [3.05, 3.63) is 28.8 Å². The molecule has 5 heteroatoms. The summed E-state index contributed by atoms with van der Waals surface area (Å²) in [6.07, 6.45) is 0. The summed E-state index contributed by atoms with van der Waals surface area (Å²) < 4.78 is 0. The second kappa shape index (κ2) is 4.65. The van der Waals surface area contributed by atoms with Crippen LogP contribution in [0.1, 0.15) is 33.2 Å². The minimum atomic E-state index is -1.07. The van der Waals surface area contributed by atoms with Gasteiger partial charge < -0.3 is 16.2 Å². The Morgan fingerprint density at radius 2 is 2.00 bits per heavy atom. The molecule has 0 unspecified atom stereocenters. The Morgan fingerprint density at radius 1 is 1.38 bits per heavy atom. The molecule has 0 atom stereocenters. The number of nitrogen functional groups attached to an aromatic ring is 1. The van der Waals surface area contributed by atoms with E-state index in [1.807, 2.05) is 0 Å². The summed E-state index contributed by atoms with van der Waals surface area (Å²) >= 11 is 0. The Hall–Kier alpha value is -2.04. The summed E-state index contributed by atoms with van der Waals surface area (Å²) in [6, 6.07) is 2.80. The molecule has 0 aromatic heterocycles. The number of aryl methyl sites for hydroxylation is 1. The van der Waals surface area contributed by atoms with Crippen molar-refractivity contribution in [1.29, 1.82) is 0 Å². The number of carboxylic acid groups (broad SMARTS) is 1. The van der Waals surface area contributed by atoms with E-state index in [0.717, 1.165) is 0 Å². The van der Waals surface area contributed by atoms with Crippen LogP contribution in [0.25, 0.3) is 0 Å². The van der Waals surface area contributed by atoms with Crippen LogP contribution in [0.2, 0.25) is 0 Å². The number of rotatable bonds is 3. The molecule has 0 fully saturated rings. The van der Waals surface area contributed by atoms with Gasteiger partial charge in [-0.25, -0.2) is 4.79 Å². The number of carbonyl (C=O) groups excluding carboxylic acids is 1. The molecule has 1 aromatic rings. The summed E-state index contributed by atoms with van der Waals surface area (Å²) in [4.78, 5) is 22.5. The second-order valence-electron chi connectivity index (χ2n) is 3.42. The normalized spacial score (nSPS) is 9.88. The van der Waals surface area contributed by atoms with Crippen LogP contribution in [0.15, 0.2) is 12.1 Å². The molecule has 86 valence electrons. The second-order valence-corrected chi connectivity index (χ2v) is 3.42. The molecule has 0 aliphatic rings. The summed E-state index contributed by atoms with van der Waals surface area (Å²) in [5.41, 5.74) is 6.79. The standard InChI is InChI=1S/C11H14N2O3/c1-3-13-10(14)8-5-7(11(15)16)6(2)4-9(8)12/h4-5H,3,12H2,1-2H3,(H,13,14)(H,15,16). The molecular formula is C11H14N2O3. The fourth-order valence-corrected chi connectivity index (χ4v) is 1.41. The highest BCUT2D eigenvalue weighted by molar-refractivity contribution is 6.02. The maximum absolute atomic E-state index is 11.6. The first kappa shape index (κ1) is 12.0. The largest absolute Gasteiger partial charge is 0.478 e. The summed E-state index contributed by atoms with van der Waals surface area (Å²) in [5, 5.41) is 11.5. The molecule has 0 bridgehead atoms. The molecule has 0 aliphatic carbocycles. The van der Waals surface area contributed by atoms with Crippen LogP contribution >= 0.6 is 0 Å². The van der Waals surface area contributed by atoms with E-state index in [1.54, 1.807) is 13.8 Å². The highest BCUT2D eigenvalue weighted by Gasteiger charge is 2.15. The van der Waals surface area contributed by atoms with E-state index in [1.165, 1.54) is 12.1 Å². The predicted octanol–water partition coefficient (Wildman–Crippen LogP) is 1.03. The highest BCUT2D eigenvalue weighted by Crippen LogP contribution is 2.18. The zero-order valence-electron chi connectivity index (χ0n) is 9.20. The summed E-state index contributed by atoms with van der Waals surface area (Å²) in [7, 11) is 0. The molecule has 0 radical (unpaired) electrons. The van der Waals surface area contributed by atoms with E-state index >= 15 is 0 Å². The molecule has 0 saturated carbocycles. The van der Waals surface area contributed by atoms with Crippen molar-refractivity contribution in [3.63, 3.8) is 0 Å². The van der Waals surface area contributed by atoms with Crippen LogP contribution < -0.4 is 11.1 Å². The van der Waals surface area contributed by atoms with Gasteiger partial charge >= 0.3 is 5.97 Å². The van der Waals surface area contributed by atoms with Gasteiger partial charge in [0.25, 0.3) is 5.91 Å². The molecule has 0 aliphatic heterocycles. The maximum atomic E-state index is 11.6. The number of carboxylic acids is 1. The van der Waals surface area contributed by atoms with Gasteiger partial charge in [0.1, 0.15) is 0 Å². The third kappa shape index (κ3) is 2.31. The monoisotopic (exact) mass is 222 g/mol. The van der Waals surface area contributed by atoms with Crippen LogP contribution in [-0.2, 0) is 0 Å². The van der Waals surface area contributed by atoms with Gasteiger partial charge in [-0.2, -0.15) is 0 Å². The smallest absolute Gasteiger partial charge is 0.335 e. The van der Waals surface area contributed by atoms with Gasteiger partial charge in [-0.1, -0.05) is 0 Å². The van der Waals surface area contributed by atoms with E-state index in [9.17, 15) is 9.59 Å². The van der Waals surface area contributed by atoms with Gasteiger partial charge in [-0.05, 0) is 31.5 Å². The number of amides is 1. The minimum absolute atomic E-state index is 0.0930. The fourth-order valence-electron chi connectivity index (χ4n) is 1.41. The first-order chi connectivity index (χ1) is 7.47. The van der Waals surface area contributed by atoms with Gasteiger partial charge in [-0.3, -0.25) is 4.79 Å². The van der Waals surface area contributed by atoms with E-state index in [0.29, 0.717) is 12.1 Å². The van der Waals surface area contributed by atoms with Gasteiger partial charge in [0.15, 0.2) is 0 Å². The molecule has 0 saturated heterocycles. The lowest BCUT2D eigenvalue weighted by atomic mass is 10.0. The van der Waals surface area contributed by atoms with Crippen molar-refractivity contribution in [3.8, 4) is 0 Å². The Bertz CT molecular complexity index is 441. The Labute approximate surface area is 93.3 Å². The van der Waals surface area contributed by atoms with Crippen molar-refractivity contribution in [1.82, 2.24) is 5.32 Å². The molecule has 0 spiro atoms. The quantitative estimate of drug-likeness (QED) is 0.666. The van der Waals surface area contributed by atoms with Crippen molar-refractivity contribution in [2.45, 2.75) is 13.8 Å². The molecule has 0 heterocycles. The average molecular weight is 222 g/mol. The SMILES string of the molecule is CCNC(=O)c1cc(C(=O)O)c(C)cc1N. The Morgan fingerprint density at radius 3 is 2.50 bits per heavy atom. The fraction of sp³-hybridized carbons (Fsp3) is 0.273. The number of nitrogens with one attached hydrogen (secondary N) is 1. The Kier molecular flexibility index (Phi) is 3.50. The number of hydrogen-bond acceptors (Lipinski definition) is 3.